The number of hydrogen-bond donors (Lipinski definition) is 2. The third-order valence-electron chi connectivity index (χ3n) is 4.37. The van der Waals surface area contributed by atoms with Gasteiger partial charge in [-0.2, -0.15) is 4.31 Å². The van der Waals surface area contributed by atoms with Crippen molar-refractivity contribution in [2.75, 3.05) is 51.2 Å². The number of ether oxygens (including phenoxy) is 3. The fraction of sp³-hybridized carbons (Fsp3) is 0.316. The van der Waals surface area contributed by atoms with Gasteiger partial charge in [-0.15, -0.1) is 0 Å². The highest BCUT2D eigenvalue weighted by atomic mass is 32.2. The van der Waals surface area contributed by atoms with Gasteiger partial charge in [0.15, 0.2) is 5.11 Å². The van der Waals surface area contributed by atoms with Crippen molar-refractivity contribution in [3.05, 3.63) is 42.5 Å². The standard InChI is InChI=1S/C19H23N3O5S2/c1-25-15-5-3-14(4-6-15)20-19(28)21-17-8-7-16(26-2)13-18(17)29(23,24)22-9-11-27-12-10-22/h3-8,13H,9-12H2,1-2H3,(H2,20,21,28). The van der Waals surface area contributed by atoms with Crippen LogP contribution in [0.3, 0.4) is 0 Å². The number of methoxy groups -OCH3 is 2. The molecule has 2 aromatic rings. The summed E-state index contributed by atoms with van der Waals surface area (Å²) in [5, 5.41) is 6.28. The number of nitrogens with zero attached hydrogens (tertiary/aromatic N) is 1. The topological polar surface area (TPSA) is 89.1 Å². The first kappa shape index (κ1) is 21.3. The van der Waals surface area contributed by atoms with Gasteiger partial charge in [-0.25, -0.2) is 8.42 Å². The van der Waals surface area contributed by atoms with E-state index in [1.807, 2.05) is 12.1 Å². The van der Waals surface area contributed by atoms with Gasteiger partial charge >= 0.3 is 0 Å². The molecule has 1 saturated heterocycles. The maximum atomic E-state index is 13.2. The molecule has 0 aliphatic carbocycles. The summed E-state index contributed by atoms with van der Waals surface area (Å²) < 4.78 is 43.4. The maximum Gasteiger partial charge on any atom is 0.245 e. The van der Waals surface area contributed by atoms with Crippen molar-refractivity contribution >= 4 is 38.7 Å². The molecule has 1 heterocycles. The zero-order valence-corrected chi connectivity index (χ0v) is 17.8. The van der Waals surface area contributed by atoms with Crippen LogP contribution in [0.5, 0.6) is 11.5 Å². The number of morpholine rings is 1. The van der Waals surface area contributed by atoms with Crippen LogP contribution in [0.2, 0.25) is 0 Å². The molecule has 29 heavy (non-hydrogen) atoms. The molecule has 1 fully saturated rings. The Morgan fingerprint density at radius 2 is 1.62 bits per heavy atom. The summed E-state index contributed by atoms with van der Waals surface area (Å²) in [6.07, 6.45) is 0. The summed E-state index contributed by atoms with van der Waals surface area (Å²) in [6.45, 7) is 1.33. The number of anilines is 2. The van der Waals surface area contributed by atoms with Crippen molar-refractivity contribution in [2.24, 2.45) is 0 Å². The molecular weight excluding hydrogens is 414 g/mol. The molecule has 10 heteroatoms. The second-order valence-corrected chi connectivity index (χ2v) is 8.50. The van der Waals surface area contributed by atoms with Crippen LogP contribution in [-0.4, -0.2) is 58.4 Å². The minimum atomic E-state index is -3.75. The van der Waals surface area contributed by atoms with E-state index in [1.54, 1.807) is 31.4 Å². The lowest BCUT2D eigenvalue weighted by atomic mass is 10.3. The molecule has 3 rings (SSSR count). The first-order valence-corrected chi connectivity index (χ1v) is 10.8. The Morgan fingerprint density at radius 1 is 1.00 bits per heavy atom. The van der Waals surface area contributed by atoms with Crippen molar-refractivity contribution in [1.29, 1.82) is 0 Å². The van der Waals surface area contributed by atoms with E-state index in [0.717, 1.165) is 11.4 Å². The van der Waals surface area contributed by atoms with Crippen molar-refractivity contribution in [2.45, 2.75) is 4.90 Å². The van der Waals surface area contributed by atoms with Crippen LogP contribution in [0.1, 0.15) is 0 Å². The lowest BCUT2D eigenvalue weighted by Crippen LogP contribution is -2.41. The minimum absolute atomic E-state index is 0.0950. The van der Waals surface area contributed by atoms with Crippen molar-refractivity contribution < 1.29 is 22.6 Å². The van der Waals surface area contributed by atoms with Gasteiger partial charge in [-0.05, 0) is 48.6 Å². The minimum Gasteiger partial charge on any atom is -0.497 e. The van der Waals surface area contributed by atoms with E-state index < -0.39 is 10.0 Å². The third-order valence-corrected chi connectivity index (χ3v) is 6.52. The molecule has 1 aliphatic heterocycles. The number of rotatable bonds is 6. The van der Waals surface area contributed by atoms with Gasteiger partial charge in [0.25, 0.3) is 0 Å². The molecule has 0 bridgehead atoms. The summed E-state index contributed by atoms with van der Waals surface area (Å²) >= 11 is 5.37. The molecule has 0 unspecified atom stereocenters. The van der Waals surface area contributed by atoms with E-state index in [1.165, 1.54) is 17.5 Å². The van der Waals surface area contributed by atoms with Crippen molar-refractivity contribution in [1.82, 2.24) is 4.31 Å². The molecule has 0 spiro atoms. The Balaban J connectivity index is 1.83. The number of nitrogens with one attached hydrogen (secondary N) is 2. The molecule has 1 aliphatic rings. The van der Waals surface area contributed by atoms with E-state index in [4.69, 9.17) is 26.4 Å². The molecule has 156 valence electrons. The Labute approximate surface area is 175 Å². The highest BCUT2D eigenvalue weighted by Gasteiger charge is 2.29. The Kier molecular flexibility index (Phi) is 6.91. The number of hydrogen-bond acceptors (Lipinski definition) is 6. The van der Waals surface area contributed by atoms with E-state index in [0.29, 0.717) is 37.7 Å². The first-order chi connectivity index (χ1) is 13.9. The molecule has 0 radical (unpaired) electrons. The van der Waals surface area contributed by atoms with Gasteiger partial charge in [-0.1, -0.05) is 0 Å². The highest BCUT2D eigenvalue weighted by Crippen LogP contribution is 2.29. The van der Waals surface area contributed by atoms with Gasteiger partial charge in [-0.3, -0.25) is 0 Å². The Hall–Kier alpha value is -2.40. The Morgan fingerprint density at radius 3 is 2.24 bits per heavy atom. The van der Waals surface area contributed by atoms with Crippen molar-refractivity contribution in [3.8, 4) is 11.5 Å². The summed E-state index contributed by atoms with van der Waals surface area (Å²) in [4.78, 5) is 0.0950. The normalized spacial score (nSPS) is 14.8. The summed E-state index contributed by atoms with van der Waals surface area (Å²) in [7, 11) is -0.664. The first-order valence-electron chi connectivity index (χ1n) is 8.92. The summed E-state index contributed by atoms with van der Waals surface area (Å²) in [5.41, 5.74) is 1.11. The van der Waals surface area contributed by atoms with E-state index in [-0.39, 0.29) is 10.0 Å². The summed E-state index contributed by atoms with van der Waals surface area (Å²) in [6, 6.07) is 12.0. The van der Waals surface area contributed by atoms with E-state index >= 15 is 0 Å². The van der Waals surface area contributed by atoms with Gasteiger partial charge in [0.1, 0.15) is 16.4 Å². The lowest BCUT2D eigenvalue weighted by Gasteiger charge is -2.27. The zero-order valence-electron chi connectivity index (χ0n) is 16.2. The number of sulfonamides is 1. The van der Waals surface area contributed by atoms with Gasteiger partial charge in [0.05, 0.1) is 33.1 Å². The van der Waals surface area contributed by atoms with Crippen LogP contribution in [0.4, 0.5) is 11.4 Å². The molecular formula is C19H23N3O5S2. The number of thiocarbonyl (C=S) groups is 1. The molecule has 8 nitrogen and oxygen atoms in total. The second-order valence-electron chi connectivity index (χ2n) is 6.19. The highest BCUT2D eigenvalue weighted by molar-refractivity contribution is 7.89. The van der Waals surface area contributed by atoms with Crippen LogP contribution in [0.25, 0.3) is 0 Å². The second kappa shape index (κ2) is 9.40. The average Bonchev–Trinajstić information content (AvgIpc) is 2.75. The van der Waals surface area contributed by atoms with Crippen LogP contribution < -0.4 is 20.1 Å². The summed E-state index contributed by atoms with van der Waals surface area (Å²) in [5.74, 6) is 1.17. The molecule has 0 amide bonds. The molecule has 0 saturated carbocycles. The van der Waals surface area contributed by atoms with E-state index in [2.05, 4.69) is 10.6 Å². The van der Waals surface area contributed by atoms with E-state index in [9.17, 15) is 8.42 Å². The molecule has 0 aromatic heterocycles. The SMILES string of the molecule is COc1ccc(NC(=S)Nc2ccc(OC)cc2S(=O)(=O)N2CCOCC2)cc1. The number of benzene rings is 2. The fourth-order valence-electron chi connectivity index (χ4n) is 2.83. The monoisotopic (exact) mass is 437 g/mol. The zero-order chi connectivity index (χ0) is 20.9. The lowest BCUT2D eigenvalue weighted by molar-refractivity contribution is 0.0730. The fourth-order valence-corrected chi connectivity index (χ4v) is 4.63. The van der Waals surface area contributed by atoms with Crippen LogP contribution in [-0.2, 0) is 14.8 Å². The third kappa shape index (κ3) is 5.15. The van der Waals surface area contributed by atoms with Gasteiger partial charge in [0.2, 0.25) is 10.0 Å². The van der Waals surface area contributed by atoms with Gasteiger partial charge in [0, 0.05) is 24.8 Å². The average molecular weight is 438 g/mol. The quantitative estimate of drug-likeness (QED) is 0.667. The Bertz CT molecular complexity index is 958. The van der Waals surface area contributed by atoms with Crippen LogP contribution >= 0.6 is 12.2 Å². The van der Waals surface area contributed by atoms with Crippen LogP contribution in [0.15, 0.2) is 47.4 Å². The van der Waals surface area contributed by atoms with Crippen molar-refractivity contribution in [3.63, 3.8) is 0 Å². The predicted octanol–water partition coefficient (Wildman–Crippen LogP) is 2.53. The molecule has 2 N–H and O–H groups in total. The molecule has 2 aromatic carbocycles. The molecule has 0 atom stereocenters. The largest absolute Gasteiger partial charge is 0.497 e. The maximum absolute atomic E-state index is 13.2. The predicted molar refractivity (Wildman–Crippen MR) is 115 cm³/mol. The smallest absolute Gasteiger partial charge is 0.245 e. The van der Waals surface area contributed by atoms with Crippen LogP contribution in [0, 0.1) is 0 Å². The van der Waals surface area contributed by atoms with Gasteiger partial charge < -0.3 is 24.8 Å².